The predicted molar refractivity (Wildman–Crippen MR) is 136 cm³/mol. The standard InChI is InChI=1S/C28H34N2O4S/c1-23-17-18-26(34-23)21-29(20-19-24-11-5-2-6-12-24)28(31)22-30(25-13-7-3-8-14-25)35(32,33)27-15-9-4-10-16-27/h2,4-6,9-12,15-18,25H,3,7-8,13-14,19-22H2,1H3. The van der Waals surface area contributed by atoms with Crippen molar-refractivity contribution in [2.24, 2.45) is 0 Å². The van der Waals surface area contributed by atoms with Gasteiger partial charge in [-0.1, -0.05) is 67.8 Å². The second kappa shape index (κ2) is 11.7. The summed E-state index contributed by atoms with van der Waals surface area (Å²) in [4.78, 5) is 15.6. The van der Waals surface area contributed by atoms with Gasteiger partial charge in [0.05, 0.1) is 18.0 Å². The monoisotopic (exact) mass is 494 g/mol. The summed E-state index contributed by atoms with van der Waals surface area (Å²) in [5.41, 5.74) is 1.13. The third-order valence-corrected chi connectivity index (χ3v) is 8.54. The highest BCUT2D eigenvalue weighted by Gasteiger charge is 2.35. The van der Waals surface area contributed by atoms with Crippen LogP contribution in [0.4, 0.5) is 0 Å². The fourth-order valence-corrected chi connectivity index (χ4v) is 6.35. The molecule has 3 aromatic rings. The molecule has 1 heterocycles. The van der Waals surface area contributed by atoms with Crippen LogP contribution < -0.4 is 0 Å². The average molecular weight is 495 g/mol. The highest BCUT2D eigenvalue weighted by atomic mass is 32.2. The van der Waals surface area contributed by atoms with Gasteiger partial charge in [0.1, 0.15) is 11.5 Å². The molecule has 4 rings (SSSR count). The highest BCUT2D eigenvalue weighted by Crippen LogP contribution is 2.28. The Bertz CT molecular complexity index is 1190. The lowest BCUT2D eigenvalue weighted by molar-refractivity contribution is -0.132. The van der Waals surface area contributed by atoms with Gasteiger partial charge in [0, 0.05) is 12.6 Å². The van der Waals surface area contributed by atoms with Crippen LogP contribution in [-0.4, -0.2) is 42.7 Å². The van der Waals surface area contributed by atoms with Gasteiger partial charge >= 0.3 is 0 Å². The molecular formula is C28H34N2O4S. The fourth-order valence-electron chi connectivity index (χ4n) is 4.70. The first-order chi connectivity index (χ1) is 16.9. The van der Waals surface area contributed by atoms with E-state index in [4.69, 9.17) is 4.42 Å². The number of carbonyl (C=O) groups excluding carboxylic acids is 1. The van der Waals surface area contributed by atoms with Gasteiger partial charge in [0.2, 0.25) is 15.9 Å². The molecule has 186 valence electrons. The molecule has 1 aliphatic carbocycles. The molecule has 1 saturated carbocycles. The Labute approximate surface area is 208 Å². The van der Waals surface area contributed by atoms with Gasteiger partial charge < -0.3 is 9.32 Å². The second-order valence-electron chi connectivity index (χ2n) is 9.22. The molecule has 1 aliphatic rings. The van der Waals surface area contributed by atoms with Gasteiger partial charge in [-0.25, -0.2) is 8.42 Å². The minimum atomic E-state index is -3.80. The number of rotatable bonds is 10. The van der Waals surface area contributed by atoms with Crippen LogP contribution in [0.5, 0.6) is 0 Å². The van der Waals surface area contributed by atoms with Crippen molar-refractivity contribution in [2.75, 3.05) is 13.1 Å². The Morgan fingerprint density at radius 2 is 1.57 bits per heavy atom. The molecule has 7 heteroatoms. The zero-order valence-corrected chi connectivity index (χ0v) is 21.1. The summed E-state index contributed by atoms with van der Waals surface area (Å²) in [5, 5.41) is 0. The Kier molecular flexibility index (Phi) is 8.42. The maximum atomic E-state index is 13.7. The number of hydrogen-bond donors (Lipinski definition) is 0. The topological polar surface area (TPSA) is 70.8 Å². The first kappa shape index (κ1) is 25.2. The van der Waals surface area contributed by atoms with E-state index in [2.05, 4.69) is 0 Å². The summed E-state index contributed by atoms with van der Waals surface area (Å²) < 4.78 is 34.5. The second-order valence-corrected chi connectivity index (χ2v) is 11.1. The number of benzene rings is 2. The molecule has 0 radical (unpaired) electrons. The van der Waals surface area contributed by atoms with Crippen LogP contribution in [0.2, 0.25) is 0 Å². The first-order valence-corrected chi connectivity index (χ1v) is 13.8. The Hall–Kier alpha value is -2.90. The molecule has 0 aliphatic heterocycles. The van der Waals surface area contributed by atoms with E-state index in [0.717, 1.165) is 43.4 Å². The van der Waals surface area contributed by atoms with Crippen LogP contribution in [0.3, 0.4) is 0 Å². The van der Waals surface area contributed by atoms with Crippen LogP contribution >= 0.6 is 0 Å². The molecule has 0 N–H and O–H groups in total. The maximum Gasteiger partial charge on any atom is 0.243 e. The minimum Gasteiger partial charge on any atom is -0.464 e. The average Bonchev–Trinajstić information content (AvgIpc) is 3.31. The molecule has 2 aromatic carbocycles. The van der Waals surface area contributed by atoms with E-state index in [0.29, 0.717) is 25.3 Å². The van der Waals surface area contributed by atoms with Gasteiger partial charge in [-0.15, -0.1) is 0 Å². The van der Waals surface area contributed by atoms with E-state index in [9.17, 15) is 13.2 Å². The van der Waals surface area contributed by atoms with E-state index in [1.54, 1.807) is 35.2 Å². The lowest BCUT2D eigenvalue weighted by atomic mass is 9.95. The van der Waals surface area contributed by atoms with Gasteiger partial charge in [-0.05, 0) is 56.0 Å². The van der Waals surface area contributed by atoms with E-state index in [-0.39, 0.29) is 23.4 Å². The van der Waals surface area contributed by atoms with Gasteiger partial charge in [-0.3, -0.25) is 4.79 Å². The molecule has 1 aromatic heterocycles. The van der Waals surface area contributed by atoms with E-state index in [1.165, 1.54) is 4.31 Å². The van der Waals surface area contributed by atoms with Crippen molar-refractivity contribution in [1.29, 1.82) is 0 Å². The fraction of sp³-hybridized carbons (Fsp3) is 0.393. The molecule has 0 unspecified atom stereocenters. The van der Waals surface area contributed by atoms with Crippen molar-refractivity contribution in [2.45, 2.75) is 62.9 Å². The van der Waals surface area contributed by atoms with Gasteiger partial charge in [-0.2, -0.15) is 4.31 Å². The number of amides is 1. The van der Waals surface area contributed by atoms with Gasteiger partial charge in [0.25, 0.3) is 0 Å². The molecule has 0 spiro atoms. The number of nitrogens with zero attached hydrogens (tertiary/aromatic N) is 2. The number of furan rings is 1. The number of hydrogen-bond acceptors (Lipinski definition) is 4. The first-order valence-electron chi connectivity index (χ1n) is 12.4. The molecule has 1 fully saturated rings. The summed E-state index contributed by atoms with van der Waals surface area (Å²) >= 11 is 0. The van der Waals surface area contributed by atoms with Crippen LogP contribution in [-0.2, 0) is 27.8 Å². The lowest BCUT2D eigenvalue weighted by Crippen LogP contribution is -2.48. The summed E-state index contributed by atoms with van der Waals surface area (Å²) in [5.74, 6) is 1.27. The predicted octanol–water partition coefficient (Wildman–Crippen LogP) is 5.18. The SMILES string of the molecule is Cc1ccc(CN(CCc2ccccc2)C(=O)CN(C2CCCCC2)S(=O)(=O)c2ccccc2)o1. The highest BCUT2D eigenvalue weighted by molar-refractivity contribution is 7.89. The maximum absolute atomic E-state index is 13.7. The van der Waals surface area contributed by atoms with Crippen molar-refractivity contribution < 1.29 is 17.6 Å². The summed E-state index contributed by atoms with van der Waals surface area (Å²) in [6.45, 7) is 2.49. The van der Waals surface area contributed by atoms with E-state index >= 15 is 0 Å². The van der Waals surface area contributed by atoms with Crippen LogP contribution in [0.1, 0.15) is 49.2 Å². The van der Waals surface area contributed by atoms with Crippen LogP contribution in [0, 0.1) is 6.92 Å². The van der Waals surface area contributed by atoms with Crippen molar-refractivity contribution in [1.82, 2.24) is 9.21 Å². The molecule has 35 heavy (non-hydrogen) atoms. The summed E-state index contributed by atoms with van der Waals surface area (Å²) in [6.07, 6.45) is 5.29. The summed E-state index contributed by atoms with van der Waals surface area (Å²) in [7, 11) is -3.80. The number of aryl methyl sites for hydroxylation is 1. The van der Waals surface area contributed by atoms with Crippen LogP contribution in [0.15, 0.2) is 82.1 Å². The lowest BCUT2D eigenvalue weighted by Gasteiger charge is -2.34. The van der Waals surface area contributed by atoms with E-state index < -0.39 is 10.0 Å². The zero-order chi connectivity index (χ0) is 24.7. The molecule has 0 bridgehead atoms. The smallest absolute Gasteiger partial charge is 0.243 e. The third-order valence-electron chi connectivity index (χ3n) is 6.63. The number of sulfonamides is 1. The summed E-state index contributed by atoms with van der Waals surface area (Å²) in [6, 6.07) is 22.0. The molecule has 0 atom stereocenters. The molecular weight excluding hydrogens is 460 g/mol. The largest absolute Gasteiger partial charge is 0.464 e. The third kappa shape index (κ3) is 6.61. The molecule has 1 amide bonds. The zero-order valence-electron chi connectivity index (χ0n) is 20.3. The molecule has 0 saturated heterocycles. The quantitative estimate of drug-likeness (QED) is 0.389. The number of carbonyl (C=O) groups is 1. The Morgan fingerprint density at radius 3 is 2.20 bits per heavy atom. The van der Waals surface area contributed by atoms with Gasteiger partial charge in [0.15, 0.2) is 0 Å². The molecule has 6 nitrogen and oxygen atoms in total. The van der Waals surface area contributed by atoms with Crippen molar-refractivity contribution in [3.05, 3.63) is 89.9 Å². The normalized spacial score (nSPS) is 14.8. The van der Waals surface area contributed by atoms with Crippen molar-refractivity contribution >= 4 is 15.9 Å². The van der Waals surface area contributed by atoms with Crippen molar-refractivity contribution in [3.63, 3.8) is 0 Å². The van der Waals surface area contributed by atoms with Crippen molar-refractivity contribution in [3.8, 4) is 0 Å². The van der Waals surface area contributed by atoms with E-state index in [1.807, 2.05) is 49.4 Å². The Balaban J connectivity index is 1.58. The Morgan fingerprint density at radius 1 is 0.914 bits per heavy atom. The van der Waals surface area contributed by atoms with Crippen LogP contribution in [0.25, 0.3) is 0 Å². The minimum absolute atomic E-state index is 0.167.